The van der Waals surface area contributed by atoms with Crippen LogP contribution in [0.15, 0.2) is 34.7 Å². The lowest BCUT2D eigenvalue weighted by atomic mass is 10.0. The third-order valence-corrected chi connectivity index (χ3v) is 5.85. The Morgan fingerprint density at radius 2 is 2.00 bits per heavy atom. The number of nitriles is 1. The molecular formula is C21H21FN4O4S. The number of fused-ring (bicyclic) bond motifs is 1. The molecule has 0 atom stereocenters. The second-order valence-corrected chi connectivity index (χ2v) is 8.88. The number of nitrogens with one attached hydrogen (secondary N) is 1. The molecule has 0 radical (unpaired) electrons. The highest BCUT2D eigenvalue weighted by molar-refractivity contribution is 7.92. The molecule has 0 fully saturated rings. The number of hydrogen-bond donors (Lipinski definition) is 1. The molecule has 0 aliphatic rings. The SMILES string of the molecule is CNC(=O)c1c(-c2ccc(F)cc2)oc2nc(N(CCCC#N)S(C)(=O)=O)c(C)cc12. The zero-order chi connectivity index (χ0) is 22.8. The van der Waals surface area contributed by atoms with E-state index in [1.54, 1.807) is 13.0 Å². The maximum absolute atomic E-state index is 13.4. The Balaban J connectivity index is 2.22. The first-order valence-electron chi connectivity index (χ1n) is 9.44. The first-order valence-corrected chi connectivity index (χ1v) is 11.3. The highest BCUT2D eigenvalue weighted by atomic mass is 32.2. The fourth-order valence-electron chi connectivity index (χ4n) is 3.25. The lowest BCUT2D eigenvalue weighted by molar-refractivity contribution is 0.0964. The van der Waals surface area contributed by atoms with E-state index in [9.17, 15) is 17.6 Å². The van der Waals surface area contributed by atoms with Crippen LogP contribution in [-0.2, 0) is 10.0 Å². The maximum Gasteiger partial charge on any atom is 0.255 e. The van der Waals surface area contributed by atoms with E-state index in [-0.39, 0.29) is 35.8 Å². The number of rotatable bonds is 7. The van der Waals surface area contributed by atoms with E-state index in [2.05, 4.69) is 10.3 Å². The monoisotopic (exact) mass is 444 g/mol. The average molecular weight is 444 g/mol. The van der Waals surface area contributed by atoms with Gasteiger partial charge in [0, 0.05) is 25.6 Å². The summed E-state index contributed by atoms with van der Waals surface area (Å²) < 4.78 is 45.1. The van der Waals surface area contributed by atoms with Crippen LogP contribution in [0, 0.1) is 24.1 Å². The zero-order valence-corrected chi connectivity index (χ0v) is 18.1. The molecule has 8 nitrogen and oxygen atoms in total. The predicted molar refractivity (Wildman–Crippen MR) is 115 cm³/mol. The van der Waals surface area contributed by atoms with Crippen molar-refractivity contribution < 1.29 is 22.0 Å². The Hall–Kier alpha value is -3.45. The number of sulfonamides is 1. The summed E-state index contributed by atoms with van der Waals surface area (Å²) in [6, 6.07) is 9.10. The van der Waals surface area contributed by atoms with Gasteiger partial charge in [0.2, 0.25) is 15.7 Å². The number of furan rings is 1. The minimum absolute atomic E-state index is 0.0764. The summed E-state index contributed by atoms with van der Waals surface area (Å²) in [5.41, 5.74) is 1.30. The molecule has 2 heterocycles. The van der Waals surface area contributed by atoms with Crippen molar-refractivity contribution in [1.29, 1.82) is 5.26 Å². The van der Waals surface area contributed by atoms with Crippen molar-refractivity contribution in [1.82, 2.24) is 10.3 Å². The second-order valence-electron chi connectivity index (χ2n) is 6.97. The van der Waals surface area contributed by atoms with Gasteiger partial charge in [0.25, 0.3) is 5.91 Å². The second kappa shape index (κ2) is 8.73. The zero-order valence-electron chi connectivity index (χ0n) is 17.3. The first-order chi connectivity index (χ1) is 14.7. The van der Waals surface area contributed by atoms with E-state index in [0.29, 0.717) is 22.9 Å². The Kier molecular flexibility index (Phi) is 6.27. The summed E-state index contributed by atoms with van der Waals surface area (Å²) in [6.45, 7) is 1.77. The number of carbonyl (C=O) groups excluding carboxylic acids is 1. The smallest absolute Gasteiger partial charge is 0.255 e. The molecule has 162 valence electrons. The first kappa shape index (κ1) is 22.2. The van der Waals surface area contributed by atoms with Crippen LogP contribution >= 0.6 is 0 Å². The lowest BCUT2D eigenvalue weighted by Crippen LogP contribution is -2.32. The van der Waals surface area contributed by atoms with Crippen molar-refractivity contribution in [2.24, 2.45) is 0 Å². The van der Waals surface area contributed by atoms with Gasteiger partial charge in [0.15, 0.2) is 0 Å². The van der Waals surface area contributed by atoms with Crippen LogP contribution in [0.1, 0.15) is 28.8 Å². The molecule has 3 aromatic rings. The van der Waals surface area contributed by atoms with Crippen LogP contribution < -0.4 is 9.62 Å². The molecule has 0 saturated carbocycles. The van der Waals surface area contributed by atoms with Gasteiger partial charge in [-0.3, -0.25) is 9.10 Å². The number of pyridine rings is 1. The molecule has 1 aromatic carbocycles. The van der Waals surface area contributed by atoms with Gasteiger partial charge < -0.3 is 9.73 Å². The normalized spacial score (nSPS) is 11.3. The average Bonchev–Trinajstić information content (AvgIpc) is 3.08. The summed E-state index contributed by atoms with van der Waals surface area (Å²) in [5, 5.41) is 11.7. The maximum atomic E-state index is 13.4. The number of nitrogens with zero attached hydrogens (tertiary/aromatic N) is 3. The highest BCUT2D eigenvalue weighted by Gasteiger charge is 2.26. The molecular weight excluding hydrogens is 423 g/mol. The lowest BCUT2D eigenvalue weighted by Gasteiger charge is -2.22. The van der Waals surface area contributed by atoms with Crippen LogP contribution in [0.4, 0.5) is 10.2 Å². The summed E-state index contributed by atoms with van der Waals surface area (Å²) in [6.07, 6.45) is 1.60. The molecule has 0 unspecified atom stereocenters. The molecule has 0 aliphatic carbocycles. The molecule has 0 aliphatic heterocycles. The molecule has 0 saturated heterocycles. The number of hydrogen-bond acceptors (Lipinski definition) is 6. The standard InChI is InChI=1S/C21H21FN4O4S/c1-13-12-16-17(20(27)24-2)18(14-6-8-15(22)9-7-14)30-21(16)25-19(13)26(31(3,28)29)11-5-4-10-23/h6-9,12H,4-5,11H2,1-3H3,(H,24,27). The third kappa shape index (κ3) is 4.51. The van der Waals surface area contributed by atoms with Gasteiger partial charge in [-0.25, -0.2) is 12.8 Å². The van der Waals surface area contributed by atoms with E-state index < -0.39 is 21.7 Å². The van der Waals surface area contributed by atoms with Crippen molar-refractivity contribution in [3.63, 3.8) is 0 Å². The Morgan fingerprint density at radius 1 is 1.32 bits per heavy atom. The number of unbranched alkanes of at least 4 members (excludes halogenated alkanes) is 1. The number of aromatic nitrogens is 1. The number of carbonyl (C=O) groups is 1. The fraction of sp³-hybridized carbons (Fsp3) is 0.286. The van der Waals surface area contributed by atoms with Crippen molar-refractivity contribution in [2.75, 3.05) is 24.2 Å². The van der Waals surface area contributed by atoms with Crippen molar-refractivity contribution >= 4 is 32.8 Å². The molecule has 1 N–H and O–H groups in total. The van der Waals surface area contributed by atoms with E-state index in [4.69, 9.17) is 9.68 Å². The van der Waals surface area contributed by atoms with E-state index in [1.807, 2.05) is 6.07 Å². The Morgan fingerprint density at radius 3 is 2.58 bits per heavy atom. The van der Waals surface area contributed by atoms with Gasteiger partial charge in [0.1, 0.15) is 17.4 Å². The van der Waals surface area contributed by atoms with Crippen molar-refractivity contribution in [2.45, 2.75) is 19.8 Å². The van der Waals surface area contributed by atoms with Crippen molar-refractivity contribution in [3.05, 3.63) is 47.3 Å². The Bertz CT molecular complexity index is 1280. The topological polar surface area (TPSA) is 116 Å². The molecule has 1 amide bonds. The number of anilines is 1. The summed E-state index contributed by atoms with van der Waals surface area (Å²) in [4.78, 5) is 17.0. The fourth-order valence-corrected chi connectivity index (χ4v) is 4.21. The molecule has 0 spiro atoms. The number of benzene rings is 1. The van der Waals surface area contributed by atoms with E-state index >= 15 is 0 Å². The van der Waals surface area contributed by atoms with Gasteiger partial charge in [-0.05, 0) is 49.2 Å². The number of halogens is 1. The predicted octanol–water partition coefficient (Wildman–Crippen LogP) is 3.37. The van der Waals surface area contributed by atoms with Crippen LogP contribution in [-0.4, -0.2) is 39.2 Å². The van der Waals surface area contributed by atoms with Crippen LogP contribution in [0.25, 0.3) is 22.4 Å². The highest BCUT2D eigenvalue weighted by Crippen LogP contribution is 2.36. The molecule has 31 heavy (non-hydrogen) atoms. The molecule has 2 aromatic heterocycles. The van der Waals surface area contributed by atoms with Crippen LogP contribution in [0.3, 0.4) is 0 Å². The minimum atomic E-state index is -3.67. The molecule has 0 bridgehead atoms. The summed E-state index contributed by atoms with van der Waals surface area (Å²) in [5.74, 6) is -0.482. The van der Waals surface area contributed by atoms with E-state index in [0.717, 1.165) is 10.6 Å². The van der Waals surface area contributed by atoms with Gasteiger partial charge in [-0.15, -0.1) is 0 Å². The van der Waals surface area contributed by atoms with E-state index in [1.165, 1.54) is 31.3 Å². The Labute approximate surface area is 179 Å². The van der Waals surface area contributed by atoms with Crippen LogP contribution in [0.2, 0.25) is 0 Å². The minimum Gasteiger partial charge on any atom is -0.437 e. The number of amides is 1. The van der Waals surface area contributed by atoms with Gasteiger partial charge in [-0.1, -0.05) is 0 Å². The van der Waals surface area contributed by atoms with Gasteiger partial charge in [-0.2, -0.15) is 10.2 Å². The van der Waals surface area contributed by atoms with Gasteiger partial charge in [0.05, 0.1) is 23.3 Å². The molecule has 3 rings (SSSR count). The summed E-state index contributed by atoms with van der Waals surface area (Å²) in [7, 11) is -2.19. The largest absolute Gasteiger partial charge is 0.437 e. The molecule has 10 heteroatoms. The quantitative estimate of drug-likeness (QED) is 0.559. The number of aryl methyl sites for hydroxylation is 1. The van der Waals surface area contributed by atoms with Crippen LogP contribution in [0.5, 0.6) is 0 Å². The third-order valence-electron chi connectivity index (χ3n) is 4.69. The van der Waals surface area contributed by atoms with Gasteiger partial charge >= 0.3 is 0 Å². The van der Waals surface area contributed by atoms with Crippen molar-refractivity contribution in [3.8, 4) is 17.4 Å². The summed E-state index contributed by atoms with van der Waals surface area (Å²) >= 11 is 0.